The summed E-state index contributed by atoms with van der Waals surface area (Å²) in [6, 6.07) is 2.88. The molecule has 1 unspecified atom stereocenters. The minimum Gasteiger partial charge on any atom is -0.352 e. The molecule has 194 valence electrons. The minimum absolute atomic E-state index is 0.00146. The molecule has 12 heteroatoms. The lowest BCUT2D eigenvalue weighted by Gasteiger charge is -2.21. The Balaban J connectivity index is 0.00000100. The molecule has 1 aromatic carbocycles. The van der Waals surface area contributed by atoms with Crippen LogP contribution in [0.25, 0.3) is 0 Å². The van der Waals surface area contributed by atoms with E-state index in [0.29, 0.717) is 19.4 Å². The van der Waals surface area contributed by atoms with Gasteiger partial charge in [0, 0.05) is 42.7 Å². The maximum atomic E-state index is 13.7. The van der Waals surface area contributed by atoms with Crippen LogP contribution in [0.5, 0.6) is 0 Å². The number of aromatic nitrogens is 2. The highest BCUT2D eigenvalue weighted by atomic mass is 31.0. The third kappa shape index (κ3) is 9.99. The molecule has 0 bridgehead atoms. The molecule has 1 aromatic heterocycles. The lowest BCUT2D eigenvalue weighted by atomic mass is 9.89. The number of alkyl halides is 6. The SMILES string of the molecule is CC(F)(F)c1cc(Nc2ncc(C(=O)NCC3CCCCC3)cn2)cc(C(F)(F)P)c1.CC(F)F. The Hall–Kier alpha value is -2.42. The highest BCUT2D eigenvalue weighted by Gasteiger charge is 2.31. The second-order valence-electron chi connectivity index (χ2n) is 8.46. The van der Waals surface area contributed by atoms with Crippen molar-refractivity contribution in [3.63, 3.8) is 0 Å². The predicted octanol–water partition coefficient (Wildman–Crippen LogP) is 6.84. The number of hydrogen-bond acceptors (Lipinski definition) is 4. The first-order chi connectivity index (χ1) is 16.3. The van der Waals surface area contributed by atoms with Gasteiger partial charge in [-0.2, -0.15) is 8.78 Å². The second-order valence-corrected chi connectivity index (χ2v) is 9.19. The first-order valence-corrected chi connectivity index (χ1v) is 11.7. The van der Waals surface area contributed by atoms with E-state index in [2.05, 4.69) is 20.6 Å². The summed E-state index contributed by atoms with van der Waals surface area (Å²) in [6.45, 7) is 2.07. The Morgan fingerprint density at radius 2 is 1.60 bits per heavy atom. The molecule has 3 rings (SSSR count). The highest BCUT2D eigenvalue weighted by Crippen LogP contribution is 2.39. The lowest BCUT2D eigenvalue weighted by molar-refractivity contribution is 0.0170. The summed E-state index contributed by atoms with van der Waals surface area (Å²) >= 11 is 0. The fraction of sp³-hybridized carbons (Fsp3) is 0.522. The summed E-state index contributed by atoms with van der Waals surface area (Å²) in [5.41, 5.74) is -4.28. The highest BCUT2D eigenvalue weighted by molar-refractivity contribution is 7.17. The van der Waals surface area contributed by atoms with Crippen LogP contribution >= 0.6 is 9.24 Å². The van der Waals surface area contributed by atoms with Crippen LogP contribution in [0.1, 0.15) is 67.4 Å². The maximum absolute atomic E-state index is 13.7. The quantitative estimate of drug-likeness (QED) is 0.309. The van der Waals surface area contributed by atoms with E-state index in [1.165, 1.54) is 40.9 Å². The molecule has 1 aliphatic rings. The van der Waals surface area contributed by atoms with Crippen LogP contribution in [-0.2, 0) is 11.6 Å². The van der Waals surface area contributed by atoms with Crippen molar-refractivity contribution in [2.24, 2.45) is 5.92 Å². The number of hydrogen-bond donors (Lipinski definition) is 2. The van der Waals surface area contributed by atoms with Gasteiger partial charge < -0.3 is 10.6 Å². The van der Waals surface area contributed by atoms with Crippen molar-refractivity contribution in [2.75, 3.05) is 11.9 Å². The fourth-order valence-electron chi connectivity index (χ4n) is 3.51. The smallest absolute Gasteiger partial charge is 0.283 e. The van der Waals surface area contributed by atoms with Gasteiger partial charge in [-0.05, 0) is 43.9 Å². The molecular formula is C23H29F6N4OP. The van der Waals surface area contributed by atoms with Gasteiger partial charge in [-0.15, -0.1) is 0 Å². The first-order valence-electron chi connectivity index (χ1n) is 11.1. The molecule has 0 spiro atoms. The van der Waals surface area contributed by atoms with Crippen molar-refractivity contribution in [3.05, 3.63) is 47.3 Å². The van der Waals surface area contributed by atoms with Gasteiger partial charge in [0.2, 0.25) is 12.4 Å². The Kier molecular flexibility index (Phi) is 10.3. The van der Waals surface area contributed by atoms with E-state index in [0.717, 1.165) is 38.0 Å². The molecule has 35 heavy (non-hydrogen) atoms. The minimum atomic E-state index is -3.38. The number of amides is 1. The molecule has 1 saturated carbocycles. The van der Waals surface area contributed by atoms with Crippen LogP contribution in [-0.4, -0.2) is 28.8 Å². The van der Waals surface area contributed by atoms with Crippen molar-refractivity contribution < 1.29 is 31.1 Å². The number of rotatable bonds is 7. The van der Waals surface area contributed by atoms with Gasteiger partial charge in [0.15, 0.2) is 0 Å². The summed E-state index contributed by atoms with van der Waals surface area (Å²) in [5, 5.41) is 5.53. The zero-order valence-corrected chi connectivity index (χ0v) is 20.6. The second kappa shape index (κ2) is 12.5. The number of halogens is 6. The van der Waals surface area contributed by atoms with Crippen molar-refractivity contribution in [1.29, 1.82) is 0 Å². The third-order valence-electron chi connectivity index (χ3n) is 5.27. The van der Waals surface area contributed by atoms with Crippen LogP contribution in [0.2, 0.25) is 0 Å². The molecule has 2 aromatic rings. The normalized spacial score (nSPS) is 14.8. The van der Waals surface area contributed by atoms with E-state index in [9.17, 15) is 31.1 Å². The van der Waals surface area contributed by atoms with Crippen molar-refractivity contribution >= 4 is 26.8 Å². The summed E-state index contributed by atoms with van der Waals surface area (Å²) in [4.78, 5) is 20.3. The number of carbonyl (C=O) groups excluding carboxylic acids is 1. The maximum Gasteiger partial charge on any atom is 0.283 e. The van der Waals surface area contributed by atoms with Crippen LogP contribution < -0.4 is 10.6 Å². The summed E-state index contributed by atoms with van der Waals surface area (Å²) in [7, 11) is 1.33. The monoisotopic (exact) mass is 522 g/mol. The number of nitrogens with one attached hydrogen (secondary N) is 2. The number of nitrogens with zero attached hydrogens (tertiary/aromatic N) is 2. The predicted molar refractivity (Wildman–Crippen MR) is 126 cm³/mol. The molecule has 2 N–H and O–H groups in total. The number of anilines is 2. The van der Waals surface area contributed by atoms with E-state index in [1.54, 1.807) is 0 Å². The summed E-state index contributed by atoms with van der Waals surface area (Å²) in [5.74, 6) is -3.12. The van der Waals surface area contributed by atoms with Gasteiger partial charge in [-0.25, -0.2) is 27.5 Å². The Labute approximate surface area is 202 Å². The summed E-state index contributed by atoms with van der Waals surface area (Å²) < 4.78 is 75.5. The van der Waals surface area contributed by atoms with Gasteiger partial charge >= 0.3 is 0 Å². The van der Waals surface area contributed by atoms with E-state index in [4.69, 9.17) is 0 Å². The Bertz CT molecular complexity index is 923. The van der Waals surface area contributed by atoms with E-state index >= 15 is 0 Å². The number of carbonyl (C=O) groups is 1. The zero-order chi connectivity index (χ0) is 26.2. The molecule has 5 nitrogen and oxygen atoms in total. The topological polar surface area (TPSA) is 66.9 Å². The van der Waals surface area contributed by atoms with Crippen molar-refractivity contribution in [2.45, 2.75) is 64.0 Å². The van der Waals surface area contributed by atoms with Crippen LogP contribution in [0.4, 0.5) is 38.0 Å². The largest absolute Gasteiger partial charge is 0.352 e. The molecule has 1 fully saturated rings. The molecule has 0 aliphatic heterocycles. The number of benzene rings is 1. The van der Waals surface area contributed by atoms with Gasteiger partial charge in [-0.3, -0.25) is 4.79 Å². The van der Waals surface area contributed by atoms with Crippen LogP contribution in [0.3, 0.4) is 0 Å². The van der Waals surface area contributed by atoms with E-state index in [-0.39, 0.29) is 23.1 Å². The Morgan fingerprint density at radius 3 is 2.11 bits per heavy atom. The van der Waals surface area contributed by atoms with E-state index < -0.39 is 29.1 Å². The fourth-order valence-corrected chi connectivity index (χ4v) is 3.68. The molecule has 1 heterocycles. The average Bonchev–Trinajstić information content (AvgIpc) is 2.77. The summed E-state index contributed by atoms with van der Waals surface area (Å²) in [6.07, 6.45) is 6.24. The first kappa shape index (κ1) is 28.8. The average molecular weight is 522 g/mol. The molecule has 1 amide bonds. The van der Waals surface area contributed by atoms with E-state index in [1.807, 2.05) is 0 Å². The van der Waals surface area contributed by atoms with Crippen LogP contribution in [0, 0.1) is 5.92 Å². The molecule has 1 aliphatic carbocycles. The van der Waals surface area contributed by atoms with Gasteiger partial charge in [0.1, 0.15) is 0 Å². The molecule has 0 radical (unpaired) electrons. The van der Waals surface area contributed by atoms with Gasteiger partial charge in [0.25, 0.3) is 17.5 Å². The molecule has 1 atom stereocenters. The zero-order valence-electron chi connectivity index (χ0n) is 19.4. The molecular weight excluding hydrogens is 493 g/mol. The van der Waals surface area contributed by atoms with Gasteiger partial charge in [0.05, 0.1) is 5.56 Å². The van der Waals surface area contributed by atoms with Crippen LogP contribution in [0.15, 0.2) is 30.6 Å². The molecule has 0 saturated heterocycles. The Morgan fingerprint density at radius 1 is 1.06 bits per heavy atom. The standard InChI is InChI=1S/C21H25F4N4OP.C2H4F2/c1-20(22,23)15-7-16(21(24,25)31)9-17(8-15)29-19-27-11-14(12-28-19)18(30)26-10-13-5-3-2-4-6-13;1-2(3)4/h7-9,11-13H,2-6,10,31H2,1H3,(H,26,30)(H,27,28,29);2H,1H3. The lowest BCUT2D eigenvalue weighted by Crippen LogP contribution is -2.30. The van der Waals surface area contributed by atoms with Gasteiger partial charge in [-0.1, -0.05) is 28.5 Å². The van der Waals surface area contributed by atoms with Crippen molar-refractivity contribution in [3.8, 4) is 0 Å². The third-order valence-corrected chi connectivity index (χ3v) is 5.60. The van der Waals surface area contributed by atoms with Crippen molar-refractivity contribution in [1.82, 2.24) is 15.3 Å².